The zero-order chi connectivity index (χ0) is 11.8. The molecule has 0 bridgehead atoms. The van der Waals surface area contributed by atoms with E-state index in [9.17, 15) is 0 Å². The second-order valence-electron chi connectivity index (χ2n) is 4.00. The quantitative estimate of drug-likeness (QED) is 0.734. The van der Waals surface area contributed by atoms with Gasteiger partial charge in [-0.05, 0) is 43.6 Å². The van der Waals surface area contributed by atoms with Crippen molar-refractivity contribution in [1.29, 1.82) is 0 Å². The highest BCUT2D eigenvalue weighted by atomic mass is 16.5. The van der Waals surface area contributed by atoms with Gasteiger partial charge in [-0.2, -0.15) is 0 Å². The number of hydrogen-bond acceptors (Lipinski definition) is 3. The van der Waals surface area contributed by atoms with E-state index in [4.69, 9.17) is 10.5 Å². The van der Waals surface area contributed by atoms with Crippen molar-refractivity contribution in [1.82, 2.24) is 5.32 Å². The summed E-state index contributed by atoms with van der Waals surface area (Å²) in [4.78, 5) is 0. The molecule has 0 saturated carbocycles. The molecule has 0 heterocycles. The average molecular weight is 222 g/mol. The molecule has 0 aromatic heterocycles. The maximum Gasteiger partial charge on any atom is 0.0713 e. The van der Waals surface area contributed by atoms with E-state index in [0.29, 0.717) is 19.1 Å². The largest absolute Gasteiger partial charge is 0.380 e. The van der Waals surface area contributed by atoms with Gasteiger partial charge in [-0.15, -0.1) is 0 Å². The summed E-state index contributed by atoms with van der Waals surface area (Å²) < 4.78 is 5.08. The van der Waals surface area contributed by atoms with Crippen molar-refractivity contribution in [2.45, 2.75) is 18.9 Å². The van der Waals surface area contributed by atoms with E-state index in [-0.39, 0.29) is 0 Å². The van der Waals surface area contributed by atoms with Gasteiger partial charge >= 0.3 is 0 Å². The van der Waals surface area contributed by atoms with Crippen molar-refractivity contribution in [3.63, 3.8) is 0 Å². The van der Waals surface area contributed by atoms with Crippen LogP contribution in [-0.4, -0.2) is 27.2 Å². The molecule has 0 saturated heterocycles. The van der Waals surface area contributed by atoms with Crippen molar-refractivity contribution < 1.29 is 4.74 Å². The summed E-state index contributed by atoms with van der Waals surface area (Å²) in [7, 11) is 3.68. The molecule has 0 fully saturated rings. The van der Waals surface area contributed by atoms with E-state index in [0.717, 1.165) is 13.0 Å². The fourth-order valence-corrected chi connectivity index (χ4v) is 1.79. The Balaban J connectivity index is 2.62. The van der Waals surface area contributed by atoms with E-state index >= 15 is 0 Å². The molecule has 0 amide bonds. The number of hydrogen-bond donors (Lipinski definition) is 2. The van der Waals surface area contributed by atoms with E-state index in [1.165, 1.54) is 11.1 Å². The van der Waals surface area contributed by atoms with E-state index in [1.54, 1.807) is 7.11 Å². The van der Waals surface area contributed by atoms with Crippen molar-refractivity contribution >= 4 is 0 Å². The fourth-order valence-electron chi connectivity index (χ4n) is 1.79. The van der Waals surface area contributed by atoms with Crippen LogP contribution in [-0.2, 0) is 11.3 Å². The number of benzene rings is 1. The number of rotatable bonds is 7. The fraction of sp³-hybridized carbons (Fsp3) is 0.538. The zero-order valence-corrected chi connectivity index (χ0v) is 10.2. The Morgan fingerprint density at radius 2 is 2.00 bits per heavy atom. The third kappa shape index (κ3) is 3.93. The molecule has 1 aromatic carbocycles. The first-order valence-corrected chi connectivity index (χ1v) is 5.74. The molecule has 1 rings (SSSR count). The minimum atomic E-state index is 0.448. The maximum absolute atomic E-state index is 5.79. The number of nitrogens with two attached hydrogens (primary N) is 1. The minimum absolute atomic E-state index is 0.448. The average Bonchev–Trinajstić information content (AvgIpc) is 2.32. The summed E-state index contributed by atoms with van der Waals surface area (Å²) in [6.07, 6.45) is 1.08. The van der Waals surface area contributed by atoms with E-state index in [2.05, 4.69) is 29.6 Å². The third-order valence-corrected chi connectivity index (χ3v) is 2.79. The Bertz CT molecular complexity index is 284. The SMILES string of the molecule is CNCCC(CN)c1ccc(COC)cc1. The van der Waals surface area contributed by atoms with Gasteiger partial charge in [-0.1, -0.05) is 24.3 Å². The Morgan fingerprint density at radius 3 is 2.50 bits per heavy atom. The Morgan fingerprint density at radius 1 is 1.31 bits per heavy atom. The van der Waals surface area contributed by atoms with Gasteiger partial charge in [0, 0.05) is 7.11 Å². The molecule has 0 spiro atoms. The van der Waals surface area contributed by atoms with Crippen LogP contribution in [0.2, 0.25) is 0 Å². The van der Waals surface area contributed by atoms with Crippen molar-refractivity contribution in [2.75, 3.05) is 27.2 Å². The predicted octanol–water partition coefficient (Wildman–Crippen LogP) is 1.48. The van der Waals surface area contributed by atoms with E-state index in [1.807, 2.05) is 7.05 Å². The molecule has 0 aliphatic rings. The molecule has 1 atom stereocenters. The molecule has 0 aliphatic carbocycles. The normalized spacial score (nSPS) is 12.7. The van der Waals surface area contributed by atoms with Gasteiger partial charge in [0.05, 0.1) is 6.61 Å². The lowest BCUT2D eigenvalue weighted by Crippen LogP contribution is -2.18. The molecule has 1 aromatic rings. The van der Waals surface area contributed by atoms with Crippen molar-refractivity contribution in [3.8, 4) is 0 Å². The first kappa shape index (κ1) is 13.2. The lowest BCUT2D eigenvalue weighted by Gasteiger charge is -2.15. The molecule has 1 unspecified atom stereocenters. The molecule has 3 nitrogen and oxygen atoms in total. The summed E-state index contributed by atoms with van der Waals surface area (Å²) in [6, 6.07) is 8.53. The first-order chi connectivity index (χ1) is 7.81. The zero-order valence-electron chi connectivity index (χ0n) is 10.2. The first-order valence-electron chi connectivity index (χ1n) is 5.74. The van der Waals surface area contributed by atoms with Crippen molar-refractivity contribution in [3.05, 3.63) is 35.4 Å². The highest BCUT2D eigenvalue weighted by Crippen LogP contribution is 2.18. The monoisotopic (exact) mass is 222 g/mol. The summed E-state index contributed by atoms with van der Waals surface area (Å²) in [5.74, 6) is 0.448. The van der Waals surface area contributed by atoms with Gasteiger partial charge < -0.3 is 15.8 Å². The Kier molecular flexibility index (Phi) is 6.08. The molecule has 16 heavy (non-hydrogen) atoms. The second kappa shape index (κ2) is 7.39. The highest BCUT2D eigenvalue weighted by Gasteiger charge is 2.08. The highest BCUT2D eigenvalue weighted by molar-refractivity contribution is 5.25. The smallest absolute Gasteiger partial charge is 0.0713 e. The Labute approximate surface area is 98.0 Å². The van der Waals surface area contributed by atoms with Crippen LogP contribution >= 0.6 is 0 Å². The van der Waals surface area contributed by atoms with Crippen LogP contribution in [0.3, 0.4) is 0 Å². The maximum atomic E-state index is 5.79. The number of nitrogens with one attached hydrogen (secondary N) is 1. The standard InChI is InChI=1S/C13H22N2O/c1-15-8-7-13(9-14)12-5-3-11(4-6-12)10-16-2/h3-6,13,15H,7-10,14H2,1-2H3. The van der Waals surface area contributed by atoms with Crippen LogP contribution in [0.1, 0.15) is 23.5 Å². The van der Waals surface area contributed by atoms with Crippen LogP contribution in [0, 0.1) is 0 Å². The van der Waals surface area contributed by atoms with Gasteiger partial charge in [0.1, 0.15) is 0 Å². The predicted molar refractivity (Wildman–Crippen MR) is 67.5 cm³/mol. The second-order valence-corrected chi connectivity index (χ2v) is 4.00. The molecular formula is C13H22N2O. The third-order valence-electron chi connectivity index (χ3n) is 2.79. The number of ether oxygens (including phenoxy) is 1. The van der Waals surface area contributed by atoms with Crippen LogP contribution in [0.15, 0.2) is 24.3 Å². The summed E-state index contributed by atoms with van der Waals surface area (Å²) in [5.41, 5.74) is 8.31. The molecule has 3 heteroatoms. The molecule has 0 aliphatic heterocycles. The summed E-state index contributed by atoms with van der Waals surface area (Å²) >= 11 is 0. The summed E-state index contributed by atoms with van der Waals surface area (Å²) in [5, 5.41) is 3.16. The molecular weight excluding hydrogens is 200 g/mol. The lowest BCUT2D eigenvalue weighted by atomic mass is 9.95. The lowest BCUT2D eigenvalue weighted by molar-refractivity contribution is 0.185. The van der Waals surface area contributed by atoms with Gasteiger partial charge in [0.15, 0.2) is 0 Å². The van der Waals surface area contributed by atoms with Gasteiger partial charge in [-0.3, -0.25) is 0 Å². The molecule has 90 valence electrons. The topological polar surface area (TPSA) is 47.3 Å². The molecule has 0 radical (unpaired) electrons. The molecule has 3 N–H and O–H groups in total. The van der Waals surface area contributed by atoms with Crippen molar-refractivity contribution in [2.24, 2.45) is 5.73 Å². The van der Waals surface area contributed by atoms with Crippen LogP contribution in [0.4, 0.5) is 0 Å². The van der Waals surface area contributed by atoms with Gasteiger partial charge in [0.2, 0.25) is 0 Å². The van der Waals surface area contributed by atoms with Crippen LogP contribution in [0.5, 0.6) is 0 Å². The van der Waals surface area contributed by atoms with Crippen LogP contribution < -0.4 is 11.1 Å². The Hall–Kier alpha value is -0.900. The van der Waals surface area contributed by atoms with Gasteiger partial charge in [-0.25, -0.2) is 0 Å². The van der Waals surface area contributed by atoms with E-state index < -0.39 is 0 Å². The summed E-state index contributed by atoms with van der Waals surface area (Å²) in [6.45, 7) is 2.37. The number of methoxy groups -OCH3 is 1. The van der Waals surface area contributed by atoms with Crippen LogP contribution in [0.25, 0.3) is 0 Å². The minimum Gasteiger partial charge on any atom is -0.380 e. The van der Waals surface area contributed by atoms with Gasteiger partial charge in [0.25, 0.3) is 0 Å².